The quantitative estimate of drug-likeness (QED) is 0.768. The molecule has 0 spiro atoms. The summed E-state index contributed by atoms with van der Waals surface area (Å²) in [6.45, 7) is 6.39. The number of morpholine rings is 1. The Morgan fingerprint density at radius 3 is 2.24 bits per heavy atom. The molecule has 4 heterocycles. The van der Waals surface area contributed by atoms with Crippen molar-refractivity contribution >= 4 is 11.9 Å². The minimum atomic E-state index is -0.145. The highest BCUT2D eigenvalue weighted by atomic mass is 16.5. The number of H-pyrrole nitrogens is 1. The van der Waals surface area contributed by atoms with Gasteiger partial charge < -0.3 is 24.8 Å². The van der Waals surface area contributed by atoms with E-state index in [-0.39, 0.29) is 5.56 Å². The van der Waals surface area contributed by atoms with Crippen LogP contribution in [0, 0.1) is 0 Å². The molecule has 2 N–H and O–H groups in total. The van der Waals surface area contributed by atoms with E-state index >= 15 is 0 Å². The van der Waals surface area contributed by atoms with Gasteiger partial charge in [-0.05, 0) is 6.07 Å². The summed E-state index contributed by atoms with van der Waals surface area (Å²) < 4.78 is 5.42. The average molecular weight is 343 g/mol. The van der Waals surface area contributed by atoms with E-state index in [1.807, 2.05) is 0 Å². The third-order valence-corrected chi connectivity index (χ3v) is 4.35. The summed E-state index contributed by atoms with van der Waals surface area (Å²) >= 11 is 0. The lowest BCUT2D eigenvalue weighted by Gasteiger charge is -2.30. The zero-order chi connectivity index (χ0) is 17.1. The van der Waals surface area contributed by atoms with Crippen LogP contribution in [0.25, 0.3) is 11.4 Å². The molecule has 2 aliphatic rings. The number of piperazine rings is 1. The van der Waals surface area contributed by atoms with Crippen LogP contribution < -0.4 is 20.7 Å². The van der Waals surface area contributed by atoms with Gasteiger partial charge in [-0.2, -0.15) is 15.0 Å². The Morgan fingerprint density at radius 2 is 1.60 bits per heavy atom. The molecule has 2 aromatic heterocycles. The number of anilines is 2. The number of pyridine rings is 1. The van der Waals surface area contributed by atoms with Crippen LogP contribution in [-0.2, 0) is 4.74 Å². The van der Waals surface area contributed by atoms with Gasteiger partial charge in [0.05, 0.1) is 13.2 Å². The van der Waals surface area contributed by atoms with Crippen LogP contribution in [0.5, 0.6) is 0 Å². The molecule has 4 rings (SSSR count). The van der Waals surface area contributed by atoms with Gasteiger partial charge in [0, 0.05) is 57.1 Å². The van der Waals surface area contributed by atoms with Crippen molar-refractivity contribution in [2.24, 2.45) is 0 Å². The van der Waals surface area contributed by atoms with E-state index in [9.17, 15) is 4.79 Å². The Labute approximate surface area is 145 Å². The van der Waals surface area contributed by atoms with E-state index in [1.165, 1.54) is 6.07 Å². The Morgan fingerprint density at radius 1 is 0.920 bits per heavy atom. The van der Waals surface area contributed by atoms with Crippen LogP contribution in [-0.4, -0.2) is 72.4 Å². The monoisotopic (exact) mass is 343 g/mol. The number of nitrogens with zero attached hydrogens (tertiary/aromatic N) is 5. The van der Waals surface area contributed by atoms with Gasteiger partial charge in [-0.1, -0.05) is 0 Å². The smallest absolute Gasteiger partial charge is 0.247 e. The molecule has 0 aliphatic carbocycles. The molecule has 9 heteroatoms. The minimum Gasteiger partial charge on any atom is -0.378 e. The summed E-state index contributed by atoms with van der Waals surface area (Å²) in [7, 11) is 0. The first-order chi connectivity index (χ1) is 12.3. The molecule has 2 fully saturated rings. The normalized spacial score (nSPS) is 18.4. The molecular weight excluding hydrogens is 322 g/mol. The predicted molar refractivity (Wildman–Crippen MR) is 94.0 cm³/mol. The topological polar surface area (TPSA) is 99.3 Å². The molecule has 0 radical (unpaired) electrons. The first kappa shape index (κ1) is 16.0. The number of ether oxygens (including phenoxy) is 1. The second-order valence-electron chi connectivity index (χ2n) is 6.04. The molecule has 2 saturated heterocycles. The van der Waals surface area contributed by atoms with Gasteiger partial charge in [0.15, 0.2) is 5.82 Å². The number of aromatic nitrogens is 4. The molecule has 0 atom stereocenters. The molecule has 132 valence electrons. The molecular formula is C16H21N7O2. The molecule has 0 saturated carbocycles. The van der Waals surface area contributed by atoms with Crippen molar-refractivity contribution in [2.75, 3.05) is 62.3 Å². The van der Waals surface area contributed by atoms with E-state index in [0.29, 0.717) is 30.9 Å². The molecule has 9 nitrogen and oxygen atoms in total. The van der Waals surface area contributed by atoms with E-state index in [0.717, 1.165) is 44.8 Å². The van der Waals surface area contributed by atoms with E-state index in [4.69, 9.17) is 9.72 Å². The van der Waals surface area contributed by atoms with Crippen molar-refractivity contribution in [3.05, 3.63) is 28.7 Å². The van der Waals surface area contributed by atoms with Gasteiger partial charge in [-0.15, -0.1) is 0 Å². The molecule has 0 unspecified atom stereocenters. The average Bonchev–Trinajstić information content (AvgIpc) is 2.69. The standard InChI is InChI=1S/C16H21N7O2/c24-13-2-1-12(11-18-13)14-19-15(22-5-3-17-4-6-22)21-16(20-14)23-7-9-25-10-8-23/h1-2,11,17H,3-10H2,(H,18,24). The zero-order valence-electron chi connectivity index (χ0n) is 13.9. The second-order valence-corrected chi connectivity index (χ2v) is 6.04. The van der Waals surface area contributed by atoms with Crippen molar-refractivity contribution < 1.29 is 4.74 Å². The lowest BCUT2D eigenvalue weighted by molar-refractivity contribution is 0.122. The Hall–Kier alpha value is -2.52. The molecule has 0 amide bonds. The Balaban J connectivity index is 1.73. The van der Waals surface area contributed by atoms with Crippen molar-refractivity contribution in [2.45, 2.75) is 0 Å². The van der Waals surface area contributed by atoms with Crippen LogP contribution in [0.15, 0.2) is 23.1 Å². The third-order valence-electron chi connectivity index (χ3n) is 4.35. The first-order valence-corrected chi connectivity index (χ1v) is 8.53. The summed E-state index contributed by atoms with van der Waals surface area (Å²) in [6, 6.07) is 3.22. The molecule has 2 aliphatic heterocycles. The maximum absolute atomic E-state index is 11.3. The lowest BCUT2D eigenvalue weighted by Crippen LogP contribution is -2.44. The van der Waals surface area contributed by atoms with Gasteiger partial charge in [0.2, 0.25) is 17.5 Å². The van der Waals surface area contributed by atoms with Crippen molar-refractivity contribution in [3.63, 3.8) is 0 Å². The zero-order valence-corrected chi connectivity index (χ0v) is 13.9. The van der Waals surface area contributed by atoms with Crippen LogP contribution in [0.1, 0.15) is 0 Å². The van der Waals surface area contributed by atoms with Crippen molar-refractivity contribution in [3.8, 4) is 11.4 Å². The van der Waals surface area contributed by atoms with Crippen LogP contribution >= 0.6 is 0 Å². The van der Waals surface area contributed by atoms with E-state index in [2.05, 4.69) is 30.1 Å². The van der Waals surface area contributed by atoms with Crippen LogP contribution in [0.4, 0.5) is 11.9 Å². The van der Waals surface area contributed by atoms with Crippen LogP contribution in [0.3, 0.4) is 0 Å². The first-order valence-electron chi connectivity index (χ1n) is 8.53. The highest BCUT2D eigenvalue weighted by Gasteiger charge is 2.20. The highest BCUT2D eigenvalue weighted by Crippen LogP contribution is 2.21. The second kappa shape index (κ2) is 7.16. The van der Waals surface area contributed by atoms with Gasteiger partial charge >= 0.3 is 0 Å². The number of aromatic amines is 1. The van der Waals surface area contributed by atoms with Gasteiger partial charge in [-0.25, -0.2) is 0 Å². The molecule has 0 bridgehead atoms. The van der Waals surface area contributed by atoms with Crippen molar-refractivity contribution in [1.82, 2.24) is 25.3 Å². The van der Waals surface area contributed by atoms with E-state index < -0.39 is 0 Å². The Bertz CT molecular complexity index is 726. The maximum Gasteiger partial charge on any atom is 0.247 e. The van der Waals surface area contributed by atoms with E-state index in [1.54, 1.807) is 12.3 Å². The maximum atomic E-state index is 11.3. The minimum absolute atomic E-state index is 0.145. The summed E-state index contributed by atoms with van der Waals surface area (Å²) in [5, 5.41) is 3.34. The SMILES string of the molecule is O=c1ccc(-c2nc(N3CCNCC3)nc(N3CCOCC3)n2)c[nH]1. The third kappa shape index (κ3) is 3.62. The number of rotatable bonds is 3. The summed E-state index contributed by atoms with van der Waals surface area (Å²) in [5.74, 6) is 1.91. The highest BCUT2D eigenvalue weighted by molar-refractivity contribution is 5.57. The number of hydrogen-bond acceptors (Lipinski definition) is 8. The fourth-order valence-corrected chi connectivity index (χ4v) is 2.94. The molecule has 0 aromatic carbocycles. The fraction of sp³-hybridized carbons (Fsp3) is 0.500. The summed E-state index contributed by atoms with van der Waals surface area (Å²) in [5.41, 5.74) is 0.626. The van der Waals surface area contributed by atoms with Gasteiger partial charge in [-0.3, -0.25) is 4.79 Å². The van der Waals surface area contributed by atoms with Crippen molar-refractivity contribution in [1.29, 1.82) is 0 Å². The Kier molecular flexibility index (Phi) is 4.57. The molecule has 2 aromatic rings. The summed E-state index contributed by atoms with van der Waals surface area (Å²) in [6.07, 6.45) is 1.64. The van der Waals surface area contributed by atoms with Gasteiger partial charge in [0.25, 0.3) is 0 Å². The van der Waals surface area contributed by atoms with Crippen LogP contribution in [0.2, 0.25) is 0 Å². The predicted octanol–water partition coefficient (Wildman–Crippen LogP) is -0.527. The summed E-state index contributed by atoms with van der Waals surface area (Å²) in [4.78, 5) is 32.3. The number of hydrogen-bond donors (Lipinski definition) is 2. The molecule has 25 heavy (non-hydrogen) atoms. The number of nitrogens with one attached hydrogen (secondary N) is 2. The largest absolute Gasteiger partial charge is 0.378 e. The van der Waals surface area contributed by atoms with Gasteiger partial charge in [0.1, 0.15) is 0 Å². The lowest BCUT2D eigenvalue weighted by atomic mass is 10.2. The fourth-order valence-electron chi connectivity index (χ4n) is 2.94.